The number of hydrogen-bond acceptors (Lipinski definition) is 5. The van der Waals surface area contributed by atoms with Gasteiger partial charge in [0.05, 0.1) is 0 Å². The van der Waals surface area contributed by atoms with Crippen LogP contribution in [0.5, 0.6) is 0 Å². The summed E-state index contributed by atoms with van der Waals surface area (Å²) in [5.41, 5.74) is 9.81. The van der Waals surface area contributed by atoms with E-state index in [1.54, 1.807) is 0 Å². The van der Waals surface area contributed by atoms with E-state index in [9.17, 15) is 0 Å². The molecule has 3 aromatic rings. The Balaban J connectivity index is 1.86. The van der Waals surface area contributed by atoms with Gasteiger partial charge in [-0.25, -0.2) is 9.97 Å². The molecule has 6 heteroatoms. The van der Waals surface area contributed by atoms with Crippen LogP contribution in [0.2, 0.25) is 5.02 Å². The minimum absolute atomic E-state index is 0.500. The van der Waals surface area contributed by atoms with Gasteiger partial charge in [0.1, 0.15) is 12.0 Å². The fourth-order valence-electron chi connectivity index (χ4n) is 2.59. The van der Waals surface area contributed by atoms with Gasteiger partial charge in [-0.2, -0.15) is 0 Å². The molecule has 3 rings (SSSR count). The van der Waals surface area contributed by atoms with Crippen molar-refractivity contribution >= 4 is 34.6 Å². The van der Waals surface area contributed by atoms with Crippen molar-refractivity contribution in [2.45, 2.75) is 13.5 Å². The van der Waals surface area contributed by atoms with E-state index < -0.39 is 0 Å². The Kier molecular flexibility index (Phi) is 5.05. The van der Waals surface area contributed by atoms with Crippen LogP contribution in [0.4, 0.5) is 23.0 Å². The monoisotopic (exact) mass is 353 g/mol. The average Bonchev–Trinajstić information content (AvgIpc) is 2.61. The molecule has 0 radical (unpaired) electrons. The molecule has 0 bridgehead atoms. The first-order valence-electron chi connectivity index (χ1n) is 7.94. The van der Waals surface area contributed by atoms with E-state index in [0.717, 1.165) is 11.3 Å². The molecule has 0 amide bonds. The summed E-state index contributed by atoms with van der Waals surface area (Å²) in [7, 11) is 1.96. The maximum atomic E-state index is 6.31. The third kappa shape index (κ3) is 3.83. The number of benzene rings is 2. The largest absolute Gasteiger partial charge is 0.393 e. The minimum atomic E-state index is 0.500. The van der Waals surface area contributed by atoms with Crippen molar-refractivity contribution in [2.24, 2.45) is 0 Å². The summed E-state index contributed by atoms with van der Waals surface area (Å²) in [6, 6.07) is 15.9. The molecule has 0 saturated carbocycles. The van der Waals surface area contributed by atoms with Crippen LogP contribution in [0.1, 0.15) is 11.1 Å². The molecule has 1 aromatic heterocycles. The van der Waals surface area contributed by atoms with Gasteiger partial charge in [-0.05, 0) is 30.2 Å². The number of nitrogen functional groups attached to an aromatic ring is 1. The summed E-state index contributed by atoms with van der Waals surface area (Å²) in [6.07, 6.45) is 1.51. The maximum Gasteiger partial charge on any atom is 0.159 e. The Bertz CT molecular complexity index is 867. The minimum Gasteiger partial charge on any atom is -0.393 e. The number of nitrogens with one attached hydrogen (secondary N) is 1. The zero-order valence-electron chi connectivity index (χ0n) is 14.2. The standard InChI is InChI=1S/C19H20ClN5/c1-13-15(20)9-6-10-16(13)24-18-17(21)19(23-12-22-18)25(2)11-14-7-4-3-5-8-14/h3-10,12H,11,21H2,1-2H3,(H,22,23,24). The quantitative estimate of drug-likeness (QED) is 0.711. The first-order chi connectivity index (χ1) is 12.1. The van der Waals surface area contributed by atoms with Crippen LogP contribution in [0.3, 0.4) is 0 Å². The topological polar surface area (TPSA) is 67.1 Å². The molecule has 0 unspecified atom stereocenters. The first kappa shape index (κ1) is 17.0. The molecule has 5 nitrogen and oxygen atoms in total. The molecule has 0 atom stereocenters. The van der Waals surface area contributed by atoms with E-state index in [2.05, 4.69) is 27.4 Å². The van der Waals surface area contributed by atoms with Crippen LogP contribution in [0.25, 0.3) is 0 Å². The molecule has 1 heterocycles. The van der Waals surface area contributed by atoms with Crippen molar-refractivity contribution in [2.75, 3.05) is 23.0 Å². The molecule has 0 aliphatic heterocycles. The van der Waals surface area contributed by atoms with E-state index in [4.69, 9.17) is 17.3 Å². The fourth-order valence-corrected chi connectivity index (χ4v) is 2.77. The molecule has 0 saturated heterocycles. The van der Waals surface area contributed by atoms with E-state index in [0.29, 0.717) is 28.9 Å². The highest BCUT2D eigenvalue weighted by atomic mass is 35.5. The number of halogens is 1. The van der Waals surface area contributed by atoms with E-state index in [1.165, 1.54) is 11.9 Å². The fraction of sp³-hybridized carbons (Fsp3) is 0.158. The van der Waals surface area contributed by atoms with Crippen molar-refractivity contribution in [3.63, 3.8) is 0 Å². The van der Waals surface area contributed by atoms with Crippen LogP contribution >= 0.6 is 11.6 Å². The van der Waals surface area contributed by atoms with Gasteiger partial charge in [0.15, 0.2) is 11.6 Å². The lowest BCUT2D eigenvalue weighted by Gasteiger charge is -2.21. The Morgan fingerprint density at radius 1 is 1.08 bits per heavy atom. The lowest BCUT2D eigenvalue weighted by Crippen LogP contribution is -2.20. The second kappa shape index (κ2) is 7.40. The molecule has 0 aliphatic carbocycles. The predicted octanol–water partition coefficient (Wildman–Crippen LogP) is 4.40. The van der Waals surface area contributed by atoms with Gasteiger partial charge >= 0.3 is 0 Å². The molecule has 0 fully saturated rings. The van der Waals surface area contributed by atoms with Crippen LogP contribution < -0.4 is 16.0 Å². The van der Waals surface area contributed by atoms with E-state index >= 15 is 0 Å². The summed E-state index contributed by atoms with van der Waals surface area (Å²) in [4.78, 5) is 10.6. The number of anilines is 4. The molecule has 0 aliphatic rings. The van der Waals surface area contributed by atoms with Gasteiger partial charge in [0.2, 0.25) is 0 Å². The highest BCUT2D eigenvalue weighted by molar-refractivity contribution is 6.31. The zero-order chi connectivity index (χ0) is 17.8. The normalized spacial score (nSPS) is 10.5. The molecule has 128 valence electrons. The number of nitrogens with two attached hydrogens (primary N) is 1. The lowest BCUT2D eigenvalue weighted by atomic mass is 10.2. The van der Waals surface area contributed by atoms with Gasteiger partial charge in [-0.15, -0.1) is 0 Å². The smallest absolute Gasteiger partial charge is 0.159 e. The van der Waals surface area contributed by atoms with Crippen molar-refractivity contribution in [1.29, 1.82) is 0 Å². The van der Waals surface area contributed by atoms with Gasteiger partial charge in [-0.1, -0.05) is 48.0 Å². The number of hydrogen-bond donors (Lipinski definition) is 2. The van der Waals surface area contributed by atoms with Gasteiger partial charge < -0.3 is 16.0 Å². The van der Waals surface area contributed by atoms with E-state index in [-0.39, 0.29) is 0 Å². The third-order valence-corrected chi connectivity index (χ3v) is 4.42. The van der Waals surface area contributed by atoms with Crippen molar-refractivity contribution in [3.05, 3.63) is 71.0 Å². The number of nitrogens with zero attached hydrogens (tertiary/aromatic N) is 3. The summed E-state index contributed by atoms with van der Waals surface area (Å²) in [6.45, 7) is 2.65. The maximum absolute atomic E-state index is 6.31. The van der Waals surface area contributed by atoms with Crippen molar-refractivity contribution in [3.8, 4) is 0 Å². The van der Waals surface area contributed by atoms with Crippen LogP contribution in [0, 0.1) is 6.92 Å². The summed E-state index contributed by atoms with van der Waals surface area (Å²) in [5, 5.41) is 3.95. The lowest BCUT2D eigenvalue weighted by molar-refractivity contribution is 0.894. The highest BCUT2D eigenvalue weighted by Gasteiger charge is 2.13. The van der Waals surface area contributed by atoms with Crippen molar-refractivity contribution in [1.82, 2.24) is 9.97 Å². The summed E-state index contributed by atoms with van der Waals surface area (Å²) < 4.78 is 0. The van der Waals surface area contributed by atoms with Crippen LogP contribution in [-0.4, -0.2) is 17.0 Å². The second-order valence-electron chi connectivity index (χ2n) is 5.84. The molecular weight excluding hydrogens is 334 g/mol. The number of aromatic nitrogens is 2. The first-order valence-corrected chi connectivity index (χ1v) is 8.31. The van der Waals surface area contributed by atoms with Crippen LogP contribution in [-0.2, 0) is 6.54 Å². The Morgan fingerprint density at radius 2 is 1.84 bits per heavy atom. The Hall–Kier alpha value is -2.79. The van der Waals surface area contributed by atoms with Crippen LogP contribution in [0.15, 0.2) is 54.9 Å². The molecule has 25 heavy (non-hydrogen) atoms. The summed E-state index contributed by atoms with van der Waals surface area (Å²) >= 11 is 6.18. The number of rotatable bonds is 5. The van der Waals surface area contributed by atoms with Crippen molar-refractivity contribution < 1.29 is 0 Å². The van der Waals surface area contributed by atoms with Gasteiger partial charge in [0, 0.05) is 24.3 Å². The molecule has 2 aromatic carbocycles. The van der Waals surface area contributed by atoms with Gasteiger partial charge in [-0.3, -0.25) is 0 Å². The third-order valence-electron chi connectivity index (χ3n) is 4.01. The average molecular weight is 354 g/mol. The zero-order valence-corrected chi connectivity index (χ0v) is 15.0. The Morgan fingerprint density at radius 3 is 2.60 bits per heavy atom. The molecule has 0 spiro atoms. The Labute approximate surface area is 152 Å². The molecule has 3 N–H and O–H groups in total. The molecular formula is C19H20ClN5. The van der Waals surface area contributed by atoms with E-state index in [1.807, 2.05) is 55.3 Å². The predicted molar refractivity (Wildman–Crippen MR) is 104 cm³/mol. The summed E-state index contributed by atoms with van der Waals surface area (Å²) in [5.74, 6) is 1.25. The van der Waals surface area contributed by atoms with Gasteiger partial charge in [0.25, 0.3) is 0 Å². The second-order valence-corrected chi connectivity index (χ2v) is 6.25. The SMILES string of the molecule is Cc1c(Cl)cccc1Nc1ncnc(N(C)Cc2ccccc2)c1N. The highest BCUT2D eigenvalue weighted by Crippen LogP contribution is 2.31.